The van der Waals surface area contributed by atoms with E-state index in [0.29, 0.717) is 0 Å². The zero-order valence-corrected chi connectivity index (χ0v) is 16.4. The lowest BCUT2D eigenvalue weighted by Gasteiger charge is -2.09. The summed E-state index contributed by atoms with van der Waals surface area (Å²) in [4.78, 5) is 4.93. The van der Waals surface area contributed by atoms with Crippen molar-refractivity contribution in [1.82, 2.24) is 19.7 Å². The van der Waals surface area contributed by atoms with Crippen LogP contribution in [0.3, 0.4) is 0 Å². The highest BCUT2D eigenvalue weighted by molar-refractivity contribution is 7.98. The first-order valence-corrected chi connectivity index (χ1v) is 10.0. The van der Waals surface area contributed by atoms with Crippen molar-refractivity contribution in [2.24, 2.45) is 7.05 Å². The van der Waals surface area contributed by atoms with Gasteiger partial charge in [-0.2, -0.15) is 0 Å². The topological polar surface area (TPSA) is 56.7 Å². The molecule has 0 atom stereocenters. The average Bonchev–Trinajstić information content (AvgIpc) is 3.31. The Balaban J connectivity index is 1.51. The molecule has 0 unspecified atom stereocenters. The lowest BCUT2D eigenvalue weighted by atomic mass is 10.0. The van der Waals surface area contributed by atoms with Gasteiger partial charge in [0.15, 0.2) is 11.0 Å². The Morgan fingerprint density at radius 3 is 2.46 bits per heavy atom. The summed E-state index contributed by atoms with van der Waals surface area (Å²) < 4.78 is 7.41. The van der Waals surface area contributed by atoms with Crippen LogP contribution >= 0.6 is 11.8 Å². The molecule has 0 aliphatic heterocycles. The van der Waals surface area contributed by atoms with E-state index in [0.717, 1.165) is 39.3 Å². The van der Waals surface area contributed by atoms with Crippen molar-refractivity contribution >= 4 is 33.4 Å². The van der Waals surface area contributed by atoms with Gasteiger partial charge in [-0.15, -0.1) is 10.2 Å². The monoisotopic (exact) mass is 386 g/mol. The maximum Gasteiger partial charge on any atom is 0.191 e. The van der Waals surface area contributed by atoms with Crippen LogP contribution in [0.2, 0.25) is 0 Å². The fourth-order valence-electron chi connectivity index (χ4n) is 3.51. The van der Waals surface area contributed by atoms with E-state index in [1.807, 2.05) is 30.7 Å². The number of thioether (sulfide) groups is 1. The van der Waals surface area contributed by atoms with E-state index >= 15 is 0 Å². The van der Waals surface area contributed by atoms with Crippen molar-refractivity contribution < 1.29 is 4.42 Å². The summed E-state index contributed by atoms with van der Waals surface area (Å²) in [5.74, 6) is 2.38. The summed E-state index contributed by atoms with van der Waals surface area (Å²) in [6.07, 6.45) is 1.68. The lowest BCUT2D eigenvalue weighted by Crippen LogP contribution is -1.96. The predicted octanol–water partition coefficient (Wildman–Crippen LogP) is 5.38. The van der Waals surface area contributed by atoms with Crippen molar-refractivity contribution in [3.63, 3.8) is 0 Å². The second-order valence-corrected chi connectivity index (χ2v) is 7.61. The van der Waals surface area contributed by atoms with Gasteiger partial charge in [0.25, 0.3) is 0 Å². The van der Waals surface area contributed by atoms with E-state index in [-0.39, 0.29) is 0 Å². The SMILES string of the molecule is Cc1occc1-c1nnc(SCc2nc3ccccc3c3ccccc23)n1C. The van der Waals surface area contributed by atoms with Crippen LogP contribution in [0.5, 0.6) is 0 Å². The molecule has 0 saturated heterocycles. The Labute approximate surface area is 166 Å². The summed E-state index contributed by atoms with van der Waals surface area (Å²) in [6, 6.07) is 18.7. The van der Waals surface area contributed by atoms with Crippen LogP contribution in [0.4, 0.5) is 0 Å². The summed E-state index contributed by atoms with van der Waals surface area (Å²) in [5, 5.41) is 13.2. The van der Waals surface area contributed by atoms with Crippen molar-refractivity contribution in [1.29, 1.82) is 0 Å². The number of furan rings is 1. The zero-order chi connectivity index (χ0) is 19.1. The van der Waals surface area contributed by atoms with E-state index in [9.17, 15) is 0 Å². The summed E-state index contributed by atoms with van der Waals surface area (Å²) >= 11 is 1.64. The molecule has 28 heavy (non-hydrogen) atoms. The number of aromatic nitrogens is 4. The molecule has 0 bridgehead atoms. The Morgan fingerprint density at radius 2 is 1.68 bits per heavy atom. The molecule has 0 radical (unpaired) electrons. The molecule has 0 saturated carbocycles. The highest BCUT2D eigenvalue weighted by Crippen LogP contribution is 2.31. The molecule has 6 heteroatoms. The Bertz CT molecular complexity index is 1300. The van der Waals surface area contributed by atoms with E-state index in [1.54, 1.807) is 18.0 Å². The lowest BCUT2D eigenvalue weighted by molar-refractivity contribution is 0.534. The summed E-state index contributed by atoms with van der Waals surface area (Å²) in [6.45, 7) is 1.93. The zero-order valence-electron chi connectivity index (χ0n) is 15.6. The fraction of sp³-hybridized carbons (Fsp3) is 0.136. The van der Waals surface area contributed by atoms with Gasteiger partial charge in [0.1, 0.15) is 5.76 Å². The van der Waals surface area contributed by atoms with Gasteiger partial charge in [-0.25, -0.2) is 0 Å². The number of benzene rings is 2. The molecule has 3 heterocycles. The molecule has 2 aromatic carbocycles. The number of aryl methyl sites for hydroxylation is 1. The van der Waals surface area contributed by atoms with Crippen molar-refractivity contribution in [2.75, 3.05) is 0 Å². The molecule has 5 nitrogen and oxygen atoms in total. The minimum Gasteiger partial charge on any atom is -0.469 e. The number of hydrogen-bond donors (Lipinski definition) is 0. The van der Waals surface area contributed by atoms with E-state index in [2.05, 4.69) is 52.7 Å². The molecule has 0 amide bonds. The van der Waals surface area contributed by atoms with Crippen LogP contribution in [0.25, 0.3) is 33.1 Å². The van der Waals surface area contributed by atoms with Crippen molar-refractivity contribution in [3.8, 4) is 11.4 Å². The first-order chi connectivity index (χ1) is 13.7. The largest absolute Gasteiger partial charge is 0.469 e. The smallest absolute Gasteiger partial charge is 0.191 e. The standard InChI is InChI=1S/C22H18N4OS/c1-14-15(11-12-27-14)21-24-25-22(26(21)2)28-13-20-18-9-4-3-7-16(18)17-8-5-6-10-19(17)23-20/h3-12H,13H2,1-2H3. The Hall–Kier alpha value is -3.12. The molecule has 0 aliphatic rings. The number of pyridine rings is 1. The van der Waals surface area contributed by atoms with Crippen LogP contribution in [-0.4, -0.2) is 19.7 Å². The van der Waals surface area contributed by atoms with E-state index < -0.39 is 0 Å². The highest BCUT2D eigenvalue weighted by Gasteiger charge is 2.16. The molecular formula is C22H18N4OS. The summed E-state index contributed by atoms with van der Waals surface area (Å²) in [7, 11) is 1.98. The van der Waals surface area contributed by atoms with Gasteiger partial charge in [0, 0.05) is 23.6 Å². The Morgan fingerprint density at radius 1 is 0.929 bits per heavy atom. The quantitative estimate of drug-likeness (QED) is 0.307. The van der Waals surface area contributed by atoms with E-state index in [4.69, 9.17) is 9.40 Å². The van der Waals surface area contributed by atoms with Crippen molar-refractivity contribution in [3.05, 3.63) is 72.3 Å². The van der Waals surface area contributed by atoms with Crippen LogP contribution in [0.15, 0.2) is 70.4 Å². The average molecular weight is 386 g/mol. The maximum atomic E-state index is 5.40. The number of fused-ring (bicyclic) bond motifs is 3. The first-order valence-electron chi connectivity index (χ1n) is 9.05. The van der Waals surface area contributed by atoms with Gasteiger partial charge in [-0.1, -0.05) is 54.2 Å². The molecule has 0 fully saturated rings. The summed E-state index contributed by atoms with van der Waals surface area (Å²) in [5.41, 5.74) is 3.05. The number of hydrogen-bond acceptors (Lipinski definition) is 5. The van der Waals surface area contributed by atoms with Gasteiger partial charge in [0.2, 0.25) is 0 Å². The highest BCUT2D eigenvalue weighted by atomic mass is 32.2. The second kappa shape index (κ2) is 6.80. The fourth-order valence-corrected chi connectivity index (χ4v) is 4.37. The number of nitrogens with zero attached hydrogens (tertiary/aromatic N) is 4. The molecule has 5 rings (SSSR count). The number of para-hydroxylation sites is 1. The Kier molecular flexibility index (Phi) is 4.13. The van der Waals surface area contributed by atoms with Crippen molar-refractivity contribution in [2.45, 2.75) is 17.8 Å². The third-order valence-corrected chi connectivity index (χ3v) is 5.99. The molecule has 3 aromatic heterocycles. The first kappa shape index (κ1) is 17.0. The minimum absolute atomic E-state index is 0.724. The maximum absolute atomic E-state index is 5.40. The third kappa shape index (κ3) is 2.77. The molecule has 5 aromatic rings. The van der Waals surface area contributed by atoms with Gasteiger partial charge >= 0.3 is 0 Å². The predicted molar refractivity (Wildman–Crippen MR) is 112 cm³/mol. The second-order valence-electron chi connectivity index (χ2n) is 6.67. The molecule has 0 spiro atoms. The molecule has 0 N–H and O–H groups in total. The molecule has 0 aliphatic carbocycles. The van der Waals surface area contributed by atoms with Crippen LogP contribution in [0, 0.1) is 6.92 Å². The van der Waals surface area contributed by atoms with Gasteiger partial charge in [-0.05, 0) is 24.4 Å². The number of rotatable bonds is 4. The van der Waals surface area contributed by atoms with Gasteiger partial charge < -0.3 is 8.98 Å². The van der Waals surface area contributed by atoms with Crippen LogP contribution in [-0.2, 0) is 12.8 Å². The van der Waals surface area contributed by atoms with Gasteiger partial charge in [-0.3, -0.25) is 4.98 Å². The molecular weight excluding hydrogens is 368 g/mol. The van der Waals surface area contributed by atoms with Gasteiger partial charge in [0.05, 0.1) is 23.0 Å². The van der Waals surface area contributed by atoms with E-state index in [1.165, 1.54) is 16.2 Å². The normalized spacial score (nSPS) is 11.5. The third-order valence-electron chi connectivity index (χ3n) is 4.96. The van der Waals surface area contributed by atoms with Crippen LogP contribution in [0.1, 0.15) is 11.5 Å². The molecule has 138 valence electrons. The van der Waals surface area contributed by atoms with Crippen LogP contribution < -0.4 is 0 Å². The minimum atomic E-state index is 0.724.